The van der Waals surface area contributed by atoms with E-state index in [1.54, 1.807) is 20.8 Å². The SMILES string of the molecule is COC(=O)/C=C/[C@H](O)[C@H](CC(C)C)N(Cc1ccccc1)C(=O)OC(C)(C)C. The molecular formula is C22H33NO5. The Morgan fingerprint density at radius 3 is 2.29 bits per heavy atom. The molecule has 6 nitrogen and oxygen atoms in total. The standard InChI is InChI=1S/C22H33NO5/c1-16(2)14-18(19(24)12-13-20(25)27-6)23(21(26)28-22(3,4)5)15-17-10-8-7-9-11-17/h7-13,16,18-19,24H,14-15H2,1-6H3/b13-12+/t18-,19-/m0/s1. The number of methoxy groups -OCH3 is 1. The summed E-state index contributed by atoms with van der Waals surface area (Å²) in [7, 11) is 1.27. The summed E-state index contributed by atoms with van der Waals surface area (Å²) >= 11 is 0. The average Bonchev–Trinajstić information content (AvgIpc) is 2.61. The first-order valence-corrected chi connectivity index (χ1v) is 9.51. The average molecular weight is 392 g/mol. The van der Waals surface area contributed by atoms with Crippen LogP contribution in [0.5, 0.6) is 0 Å². The Bertz CT molecular complexity index is 649. The van der Waals surface area contributed by atoms with Gasteiger partial charge in [0.05, 0.1) is 19.3 Å². The highest BCUT2D eigenvalue weighted by Gasteiger charge is 2.32. The van der Waals surface area contributed by atoms with Crippen LogP contribution < -0.4 is 0 Å². The number of benzene rings is 1. The zero-order valence-corrected chi connectivity index (χ0v) is 17.7. The number of hydrogen-bond acceptors (Lipinski definition) is 5. The summed E-state index contributed by atoms with van der Waals surface area (Å²) in [6, 6.07) is 8.97. The van der Waals surface area contributed by atoms with Crippen molar-refractivity contribution in [3.63, 3.8) is 0 Å². The maximum atomic E-state index is 13.0. The molecule has 1 rings (SSSR count). The van der Waals surface area contributed by atoms with Gasteiger partial charge in [0.15, 0.2) is 0 Å². The zero-order chi connectivity index (χ0) is 21.3. The van der Waals surface area contributed by atoms with E-state index in [0.717, 1.165) is 5.56 Å². The van der Waals surface area contributed by atoms with Crippen molar-refractivity contribution in [1.29, 1.82) is 0 Å². The highest BCUT2D eigenvalue weighted by Crippen LogP contribution is 2.22. The Morgan fingerprint density at radius 1 is 1.18 bits per heavy atom. The Hall–Kier alpha value is -2.34. The van der Waals surface area contributed by atoms with Crippen LogP contribution in [0.15, 0.2) is 42.5 Å². The van der Waals surface area contributed by atoms with Crippen LogP contribution in [0.25, 0.3) is 0 Å². The van der Waals surface area contributed by atoms with Crippen molar-refractivity contribution in [2.75, 3.05) is 7.11 Å². The zero-order valence-electron chi connectivity index (χ0n) is 17.7. The third-order valence-corrected chi connectivity index (χ3v) is 3.96. The van der Waals surface area contributed by atoms with Crippen molar-refractivity contribution in [2.24, 2.45) is 5.92 Å². The van der Waals surface area contributed by atoms with Crippen molar-refractivity contribution >= 4 is 12.1 Å². The van der Waals surface area contributed by atoms with E-state index in [4.69, 9.17) is 4.74 Å². The van der Waals surface area contributed by atoms with Crippen LogP contribution >= 0.6 is 0 Å². The number of hydrogen-bond donors (Lipinski definition) is 1. The topological polar surface area (TPSA) is 76.1 Å². The Kier molecular flexibility index (Phi) is 9.19. The molecule has 0 unspecified atom stereocenters. The van der Waals surface area contributed by atoms with Gasteiger partial charge in [-0.2, -0.15) is 0 Å². The van der Waals surface area contributed by atoms with Crippen LogP contribution in [0.1, 0.15) is 46.6 Å². The van der Waals surface area contributed by atoms with E-state index in [2.05, 4.69) is 4.74 Å². The molecule has 156 valence electrons. The fraction of sp³-hybridized carbons (Fsp3) is 0.545. The van der Waals surface area contributed by atoms with Gasteiger partial charge in [-0.3, -0.25) is 4.90 Å². The van der Waals surface area contributed by atoms with Crippen LogP contribution in [0.4, 0.5) is 4.79 Å². The second kappa shape index (κ2) is 10.9. The summed E-state index contributed by atoms with van der Waals surface area (Å²) in [5, 5.41) is 10.8. The van der Waals surface area contributed by atoms with Crippen LogP contribution in [-0.4, -0.2) is 46.9 Å². The largest absolute Gasteiger partial charge is 0.466 e. The third-order valence-electron chi connectivity index (χ3n) is 3.96. The van der Waals surface area contributed by atoms with Gasteiger partial charge in [0.1, 0.15) is 5.60 Å². The van der Waals surface area contributed by atoms with Gasteiger partial charge in [0, 0.05) is 12.6 Å². The normalized spacial score (nSPS) is 14.0. The lowest BCUT2D eigenvalue weighted by atomic mass is 9.96. The molecule has 0 aliphatic heterocycles. The molecule has 1 amide bonds. The molecule has 0 saturated heterocycles. The van der Waals surface area contributed by atoms with E-state index in [1.165, 1.54) is 24.2 Å². The summed E-state index contributed by atoms with van der Waals surface area (Å²) < 4.78 is 10.2. The molecular weight excluding hydrogens is 358 g/mol. The molecule has 0 heterocycles. The van der Waals surface area contributed by atoms with Gasteiger partial charge in [-0.05, 0) is 44.7 Å². The number of nitrogens with zero attached hydrogens (tertiary/aromatic N) is 1. The van der Waals surface area contributed by atoms with Crippen molar-refractivity contribution in [2.45, 2.75) is 65.3 Å². The molecule has 0 bridgehead atoms. The summed E-state index contributed by atoms with van der Waals surface area (Å²) in [4.78, 5) is 25.9. The molecule has 0 radical (unpaired) electrons. The smallest absolute Gasteiger partial charge is 0.410 e. The number of amides is 1. The molecule has 0 aliphatic carbocycles. The second-order valence-electron chi connectivity index (χ2n) is 8.16. The number of ether oxygens (including phenoxy) is 2. The van der Waals surface area contributed by atoms with Crippen LogP contribution in [-0.2, 0) is 20.8 Å². The van der Waals surface area contributed by atoms with Gasteiger partial charge >= 0.3 is 12.1 Å². The van der Waals surface area contributed by atoms with E-state index >= 15 is 0 Å². The predicted octanol–water partition coefficient (Wildman–Crippen LogP) is 3.93. The van der Waals surface area contributed by atoms with Crippen LogP contribution in [0, 0.1) is 5.92 Å². The maximum Gasteiger partial charge on any atom is 0.410 e. The molecule has 2 atom stereocenters. The quantitative estimate of drug-likeness (QED) is 0.537. The minimum atomic E-state index is -1.04. The number of esters is 1. The number of aliphatic hydroxyl groups excluding tert-OH is 1. The first-order valence-electron chi connectivity index (χ1n) is 9.51. The molecule has 1 N–H and O–H groups in total. The predicted molar refractivity (Wildman–Crippen MR) is 109 cm³/mol. The van der Waals surface area contributed by atoms with E-state index in [1.807, 2.05) is 44.2 Å². The first-order chi connectivity index (χ1) is 13.0. The molecule has 0 saturated carbocycles. The van der Waals surface area contributed by atoms with E-state index < -0.39 is 29.8 Å². The summed E-state index contributed by atoms with van der Waals surface area (Å²) in [6.45, 7) is 9.72. The summed E-state index contributed by atoms with van der Waals surface area (Å²) in [5.74, 6) is -0.346. The minimum Gasteiger partial charge on any atom is -0.466 e. The van der Waals surface area contributed by atoms with Gasteiger partial charge in [-0.1, -0.05) is 44.2 Å². The first kappa shape index (κ1) is 23.7. The van der Waals surface area contributed by atoms with E-state index in [0.29, 0.717) is 6.42 Å². The third kappa shape index (κ3) is 8.57. The summed E-state index contributed by atoms with van der Waals surface area (Å²) in [6.07, 6.45) is 1.53. The van der Waals surface area contributed by atoms with Gasteiger partial charge in [0.25, 0.3) is 0 Å². The molecule has 0 spiro atoms. The number of rotatable bonds is 8. The number of aliphatic hydroxyl groups is 1. The Morgan fingerprint density at radius 2 is 1.79 bits per heavy atom. The van der Waals surface area contributed by atoms with Crippen molar-refractivity contribution in [3.8, 4) is 0 Å². The molecule has 0 aromatic heterocycles. The van der Waals surface area contributed by atoms with Gasteiger partial charge in [0.2, 0.25) is 0 Å². The monoisotopic (exact) mass is 391 g/mol. The highest BCUT2D eigenvalue weighted by atomic mass is 16.6. The number of carbonyl (C=O) groups excluding carboxylic acids is 2. The fourth-order valence-corrected chi connectivity index (χ4v) is 2.73. The lowest BCUT2D eigenvalue weighted by Gasteiger charge is -2.36. The van der Waals surface area contributed by atoms with Crippen molar-refractivity contribution in [1.82, 2.24) is 4.90 Å². The molecule has 0 fully saturated rings. The number of carbonyl (C=O) groups is 2. The minimum absolute atomic E-state index is 0.215. The lowest BCUT2D eigenvalue weighted by Crippen LogP contribution is -2.48. The van der Waals surface area contributed by atoms with Crippen LogP contribution in [0.2, 0.25) is 0 Å². The van der Waals surface area contributed by atoms with Crippen LogP contribution in [0.3, 0.4) is 0 Å². The maximum absolute atomic E-state index is 13.0. The van der Waals surface area contributed by atoms with Gasteiger partial charge < -0.3 is 14.6 Å². The van der Waals surface area contributed by atoms with Crippen molar-refractivity contribution in [3.05, 3.63) is 48.0 Å². The molecule has 0 aliphatic rings. The van der Waals surface area contributed by atoms with Gasteiger partial charge in [-0.15, -0.1) is 0 Å². The van der Waals surface area contributed by atoms with Crippen molar-refractivity contribution < 1.29 is 24.2 Å². The fourth-order valence-electron chi connectivity index (χ4n) is 2.73. The molecule has 1 aromatic carbocycles. The van der Waals surface area contributed by atoms with Gasteiger partial charge in [-0.25, -0.2) is 9.59 Å². The van der Waals surface area contributed by atoms with E-state index in [-0.39, 0.29) is 12.5 Å². The molecule has 1 aromatic rings. The second-order valence-corrected chi connectivity index (χ2v) is 8.16. The lowest BCUT2D eigenvalue weighted by molar-refractivity contribution is -0.134. The summed E-state index contributed by atoms with van der Waals surface area (Å²) in [5.41, 5.74) is 0.257. The highest BCUT2D eigenvalue weighted by molar-refractivity contribution is 5.81. The Balaban J connectivity index is 3.21. The van der Waals surface area contributed by atoms with E-state index in [9.17, 15) is 14.7 Å². The molecule has 6 heteroatoms. The Labute approximate surface area is 168 Å². The molecule has 28 heavy (non-hydrogen) atoms.